The molecule has 0 atom stereocenters. The molecule has 0 saturated carbocycles. The fourth-order valence-corrected chi connectivity index (χ4v) is 4.29. The van der Waals surface area contributed by atoms with Crippen LogP contribution in [0, 0.1) is 0 Å². The Morgan fingerprint density at radius 1 is 1.00 bits per heavy atom. The number of sulfone groups is 1. The molecular weight excluding hydrogens is 450 g/mol. The molecule has 34 heavy (non-hydrogen) atoms. The van der Waals surface area contributed by atoms with Crippen molar-refractivity contribution in [2.75, 3.05) is 6.26 Å². The third kappa shape index (κ3) is 4.36. The number of rotatable bonds is 4. The second-order valence-electron chi connectivity index (χ2n) is 8.71. The summed E-state index contributed by atoms with van der Waals surface area (Å²) in [5, 5.41) is 11.1. The van der Waals surface area contributed by atoms with Crippen LogP contribution in [0.4, 0.5) is 0 Å². The summed E-state index contributed by atoms with van der Waals surface area (Å²) in [6.45, 7) is 4.72. The van der Waals surface area contributed by atoms with Crippen molar-refractivity contribution in [2.24, 2.45) is 4.99 Å². The van der Waals surface area contributed by atoms with Gasteiger partial charge in [0.2, 0.25) is 5.91 Å². The van der Waals surface area contributed by atoms with E-state index in [4.69, 9.17) is 0 Å². The monoisotopic (exact) mass is 475 g/mol. The minimum atomic E-state index is -3.38. The Bertz CT molecular complexity index is 1600. The van der Waals surface area contributed by atoms with Crippen LogP contribution in [-0.4, -0.2) is 35.5 Å². The lowest BCUT2D eigenvalue weighted by Gasteiger charge is -2.24. The Balaban J connectivity index is 1.91. The summed E-state index contributed by atoms with van der Waals surface area (Å²) in [5.41, 5.74) is 4.79. The Morgan fingerprint density at radius 2 is 1.74 bits per heavy atom. The third-order valence-electron chi connectivity index (χ3n) is 6.01. The van der Waals surface area contributed by atoms with Gasteiger partial charge in [0.1, 0.15) is 0 Å². The first-order chi connectivity index (χ1) is 16.0. The van der Waals surface area contributed by atoms with E-state index in [0.717, 1.165) is 37.9 Å². The molecule has 0 bridgehead atoms. The van der Waals surface area contributed by atoms with Crippen molar-refractivity contribution >= 4 is 26.6 Å². The molecule has 0 unspecified atom stereocenters. The molecule has 0 aliphatic heterocycles. The van der Waals surface area contributed by atoms with E-state index in [1.165, 1.54) is 19.4 Å². The molecule has 4 rings (SSSR count). The van der Waals surface area contributed by atoms with Crippen LogP contribution < -0.4 is 5.49 Å². The molecule has 174 valence electrons. The van der Waals surface area contributed by atoms with E-state index in [1.54, 1.807) is 32.2 Å². The van der Waals surface area contributed by atoms with Crippen molar-refractivity contribution in [2.45, 2.75) is 25.5 Å². The number of carbonyl (C=O) groups is 1. The number of amides is 1. The van der Waals surface area contributed by atoms with E-state index in [9.17, 15) is 18.4 Å². The summed E-state index contributed by atoms with van der Waals surface area (Å²) in [4.78, 5) is 19.6. The number of carbonyl (C=O) groups excluding carboxylic acids is 1. The van der Waals surface area contributed by atoms with Gasteiger partial charge in [-0.3, -0.25) is 9.78 Å². The molecular formula is C26H25N3O4S. The van der Waals surface area contributed by atoms with Gasteiger partial charge in [-0.1, -0.05) is 24.3 Å². The second kappa shape index (κ2) is 8.53. The first kappa shape index (κ1) is 23.4. The molecule has 4 aromatic rings. The largest absolute Gasteiger partial charge is 0.427 e. The lowest BCUT2D eigenvalue weighted by Crippen LogP contribution is -2.28. The summed E-state index contributed by atoms with van der Waals surface area (Å²) in [6.07, 6.45) is 4.44. The lowest BCUT2D eigenvalue weighted by atomic mass is 9.92. The summed E-state index contributed by atoms with van der Waals surface area (Å²) in [5.74, 6) is -0.408. The zero-order valence-corrected chi connectivity index (χ0v) is 20.2. The van der Waals surface area contributed by atoms with E-state index in [1.807, 2.05) is 48.5 Å². The molecule has 0 aliphatic carbocycles. The first-order valence-electron chi connectivity index (χ1n) is 10.6. The molecule has 7 nitrogen and oxygen atoms in total. The number of hydrogen-bond donors (Lipinski definition) is 1. The van der Waals surface area contributed by atoms with Gasteiger partial charge in [0.15, 0.2) is 15.3 Å². The van der Waals surface area contributed by atoms with E-state index < -0.39 is 20.5 Å². The average Bonchev–Trinajstić information content (AvgIpc) is 2.78. The maximum Gasteiger partial charge on any atom is 0.244 e. The normalized spacial score (nSPS) is 12.8. The van der Waals surface area contributed by atoms with Crippen molar-refractivity contribution in [3.63, 3.8) is 0 Å². The van der Waals surface area contributed by atoms with Crippen LogP contribution in [0.1, 0.15) is 26.3 Å². The van der Waals surface area contributed by atoms with Gasteiger partial charge in [0.25, 0.3) is 0 Å². The van der Waals surface area contributed by atoms with Crippen molar-refractivity contribution < 1.29 is 18.4 Å². The summed E-state index contributed by atoms with van der Waals surface area (Å²) in [6, 6.07) is 18.5. The standard InChI is InChI=1S/C26H25N3O4S/c1-17(30)28-24-11-10-21(16-29(24)31)18-7-5-8-19(13-18)23-15-22(26(2,3)34(4,32)33)14-20-9-6-12-27-25(20)23/h5-16,31H,1-4H3. The molecule has 1 N–H and O–H groups in total. The van der Waals surface area contributed by atoms with Crippen molar-refractivity contribution in [3.05, 3.63) is 84.1 Å². The number of benzene rings is 2. The van der Waals surface area contributed by atoms with Crippen LogP contribution >= 0.6 is 0 Å². The van der Waals surface area contributed by atoms with Crippen LogP contribution in [0.25, 0.3) is 33.2 Å². The molecule has 0 spiro atoms. The maximum atomic E-state index is 12.5. The van der Waals surface area contributed by atoms with Crippen LogP contribution in [-0.2, 0) is 19.4 Å². The zero-order valence-electron chi connectivity index (χ0n) is 19.4. The third-order valence-corrected chi connectivity index (χ3v) is 8.10. The van der Waals surface area contributed by atoms with Crippen molar-refractivity contribution in [1.29, 1.82) is 0 Å². The number of hydrogen-bond acceptors (Lipinski definition) is 5. The van der Waals surface area contributed by atoms with E-state index in [2.05, 4.69) is 9.98 Å². The molecule has 0 aliphatic rings. The molecule has 0 fully saturated rings. The van der Waals surface area contributed by atoms with Crippen LogP contribution in [0.3, 0.4) is 0 Å². The fraction of sp³-hybridized carbons (Fsp3) is 0.192. The Labute approximate surface area is 197 Å². The Morgan fingerprint density at radius 3 is 2.41 bits per heavy atom. The summed E-state index contributed by atoms with van der Waals surface area (Å²) in [7, 11) is -3.38. The summed E-state index contributed by atoms with van der Waals surface area (Å²) < 4.78 is 24.8. The number of pyridine rings is 2. The smallest absolute Gasteiger partial charge is 0.244 e. The Kier molecular flexibility index (Phi) is 5.87. The second-order valence-corrected chi connectivity index (χ2v) is 11.3. The zero-order chi connectivity index (χ0) is 24.7. The van der Waals surface area contributed by atoms with Crippen molar-refractivity contribution in [1.82, 2.24) is 9.71 Å². The highest BCUT2D eigenvalue weighted by Crippen LogP contribution is 2.37. The van der Waals surface area contributed by atoms with Gasteiger partial charge >= 0.3 is 0 Å². The van der Waals surface area contributed by atoms with Gasteiger partial charge in [-0.05, 0) is 66.9 Å². The van der Waals surface area contributed by atoms with Gasteiger partial charge in [0, 0.05) is 35.9 Å². The molecule has 0 saturated heterocycles. The lowest BCUT2D eigenvalue weighted by molar-refractivity contribution is -0.116. The van der Waals surface area contributed by atoms with E-state index in [-0.39, 0.29) is 5.49 Å². The highest BCUT2D eigenvalue weighted by atomic mass is 32.2. The van der Waals surface area contributed by atoms with Crippen LogP contribution in [0.5, 0.6) is 0 Å². The highest BCUT2D eigenvalue weighted by molar-refractivity contribution is 7.91. The predicted octanol–water partition coefficient (Wildman–Crippen LogP) is 4.33. The molecule has 2 aromatic heterocycles. The van der Waals surface area contributed by atoms with E-state index >= 15 is 0 Å². The van der Waals surface area contributed by atoms with Crippen LogP contribution in [0.15, 0.2) is 78.0 Å². The first-order valence-corrected chi connectivity index (χ1v) is 12.5. The van der Waals surface area contributed by atoms with Gasteiger partial charge in [-0.15, -0.1) is 0 Å². The van der Waals surface area contributed by atoms with Gasteiger partial charge in [0.05, 0.1) is 16.5 Å². The fourth-order valence-electron chi connectivity index (χ4n) is 3.74. The highest BCUT2D eigenvalue weighted by Gasteiger charge is 2.33. The SMILES string of the molecule is CC(=O)N=c1ccc(-c2cccc(-c3cc(C(C)(C)S(C)(=O)=O)cc4cccnc34)c2)cn1O. The number of aromatic nitrogens is 2. The minimum Gasteiger partial charge on any atom is -0.427 e. The van der Waals surface area contributed by atoms with Gasteiger partial charge in [-0.25, -0.2) is 8.42 Å². The van der Waals surface area contributed by atoms with Crippen molar-refractivity contribution in [3.8, 4) is 22.3 Å². The van der Waals surface area contributed by atoms with Crippen LogP contribution in [0.2, 0.25) is 0 Å². The van der Waals surface area contributed by atoms with Gasteiger partial charge in [-0.2, -0.15) is 9.72 Å². The number of fused-ring (bicyclic) bond motifs is 1. The van der Waals surface area contributed by atoms with E-state index in [0.29, 0.717) is 5.56 Å². The minimum absolute atomic E-state index is 0.137. The Hall–Kier alpha value is -3.78. The molecule has 1 amide bonds. The average molecular weight is 476 g/mol. The molecule has 2 heterocycles. The summed E-state index contributed by atoms with van der Waals surface area (Å²) >= 11 is 0. The molecule has 0 radical (unpaired) electrons. The number of nitrogens with zero attached hydrogens (tertiary/aromatic N) is 3. The molecule has 8 heteroatoms. The predicted molar refractivity (Wildman–Crippen MR) is 132 cm³/mol. The van der Waals surface area contributed by atoms with Gasteiger partial charge < -0.3 is 5.21 Å². The quantitative estimate of drug-likeness (QED) is 0.443. The maximum absolute atomic E-state index is 12.5. The topological polar surface area (TPSA) is 102 Å². The molecule has 2 aromatic carbocycles.